The summed E-state index contributed by atoms with van der Waals surface area (Å²) in [5, 5.41) is 11.8. The predicted molar refractivity (Wildman–Crippen MR) is 72.0 cm³/mol. The van der Waals surface area contributed by atoms with Crippen molar-refractivity contribution in [2.45, 2.75) is 0 Å². The standard InChI is InChI=1S/C14H9NO2S/c16-14(17)10-3-1-4-12-11(10)7-9(8-15-12)13-5-2-6-18-13/h1-8H,(H,16,17). The van der Waals surface area contributed by atoms with Gasteiger partial charge >= 0.3 is 5.97 Å². The average molecular weight is 255 g/mol. The summed E-state index contributed by atoms with van der Waals surface area (Å²) in [6.07, 6.45) is 1.78. The molecule has 4 heteroatoms. The van der Waals surface area contributed by atoms with E-state index >= 15 is 0 Å². The van der Waals surface area contributed by atoms with Crippen LogP contribution in [0.15, 0.2) is 48.0 Å². The Hall–Kier alpha value is -2.20. The molecule has 0 saturated carbocycles. The number of hydrogen-bond donors (Lipinski definition) is 1. The molecule has 0 fully saturated rings. The molecular weight excluding hydrogens is 246 g/mol. The van der Waals surface area contributed by atoms with Crippen molar-refractivity contribution in [3.8, 4) is 10.4 Å². The van der Waals surface area contributed by atoms with Gasteiger partial charge in [0.1, 0.15) is 0 Å². The van der Waals surface area contributed by atoms with Gasteiger partial charge in [-0.05, 0) is 29.6 Å². The van der Waals surface area contributed by atoms with E-state index in [1.807, 2.05) is 29.6 Å². The second kappa shape index (κ2) is 4.23. The van der Waals surface area contributed by atoms with Crippen LogP contribution in [0.2, 0.25) is 0 Å². The van der Waals surface area contributed by atoms with Crippen LogP contribution in [0, 0.1) is 0 Å². The van der Waals surface area contributed by atoms with Gasteiger partial charge in [0.25, 0.3) is 0 Å². The number of aromatic nitrogens is 1. The van der Waals surface area contributed by atoms with Gasteiger partial charge in [0.15, 0.2) is 0 Å². The van der Waals surface area contributed by atoms with Crippen LogP contribution >= 0.6 is 11.3 Å². The molecule has 2 heterocycles. The number of thiophene rings is 1. The number of rotatable bonds is 2. The van der Waals surface area contributed by atoms with Crippen LogP contribution in [0.3, 0.4) is 0 Å². The highest BCUT2D eigenvalue weighted by Crippen LogP contribution is 2.28. The van der Waals surface area contributed by atoms with E-state index < -0.39 is 5.97 Å². The van der Waals surface area contributed by atoms with Gasteiger partial charge in [-0.15, -0.1) is 11.3 Å². The minimum absolute atomic E-state index is 0.290. The summed E-state index contributed by atoms with van der Waals surface area (Å²) < 4.78 is 0. The normalized spacial score (nSPS) is 10.7. The zero-order chi connectivity index (χ0) is 12.5. The van der Waals surface area contributed by atoms with Crippen LogP contribution in [0.1, 0.15) is 10.4 Å². The maximum Gasteiger partial charge on any atom is 0.336 e. The second-order valence-electron chi connectivity index (χ2n) is 3.88. The smallest absolute Gasteiger partial charge is 0.336 e. The topological polar surface area (TPSA) is 50.2 Å². The third-order valence-corrected chi connectivity index (χ3v) is 3.68. The minimum Gasteiger partial charge on any atom is -0.478 e. The summed E-state index contributed by atoms with van der Waals surface area (Å²) in [6, 6.07) is 11.0. The Balaban J connectivity index is 2.28. The SMILES string of the molecule is O=C(O)c1cccc2ncc(-c3cccs3)cc12. The lowest BCUT2D eigenvalue weighted by molar-refractivity contribution is 0.0699. The summed E-state index contributed by atoms with van der Waals surface area (Å²) in [4.78, 5) is 16.6. The fraction of sp³-hybridized carbons (Fsp3) is 0. The molecule has 1 N–H and O–H groups in total. The molecular formula is C14H9NO2S. The van der Waals surface area contributed by atoms with Gasteiger partial charge in [-0.25, -0.2) is 4.79 Å². The Morgan fingerprint density at radius 2 is 2.11 bits per heavy atom. The molecule has 3 rings (SSSR count). The lowest BCUT2D eigenvalue weighted by Crippen LogP contribution is -1.97. The summed E-state index contributed by atoms with van der Waals surface area (Å²) in [7, 11) is 0. The molecule has 0 radical (unpaired) electrons. The van der Waals surface area contributed by atoms with Crippen molar-refractivity contribution in [1.29, 1.82) is 0 Å². The predicted octanol–water partition coefficient (Wildman–Crippen LogP) is 3.66. The summed E-state index contributed by atoms with van der Waals surface area (Å²) in [5.74, 6) is -0.925. The molecule has 0 aliphatic rings. The molecule has 0 unspecified atom stereocenters. The lowest BCUT2D eigenvalue weighted by atomic mass is 10.1. The van der Waals surface area contributed by atoms with Crippen molar-refractivity contribution in [3.05, 3.63) is 53.5 Å². The first-order chi connectivity index (χ1) is 8.75. The quantitative estimate of drug-likeness (QED) is 0.760. The lowest BCUT2D eigenvalue weighted by Gasteiger charge is -2.04. The van der Waals surface area contributed by atoms with Crippen LogP contribution in [0.5, 0.6) is 0 Å². The Morgan fingerprint density at radius 1 is 1.22 bits per heavy atom. The maximum absolute atomic E-state index is 11.2. The number of carboxylic acids is 1. The van der Waals surface area contributed by atoms with Crippen LogP contribution in [0.4, 0.5) is 0 Å². The fourth-order valence-corrected chi connectivity index (χ4v) is 2.62. The summed E-state index contributed by atoms with van der Waals surface area (Å²) in [6.45, 7) is 0. The van der Waals surface area contributed by atoms with Gasteiger partial charge in [-0.3, -0.25) is 4.98 Å². The third-order valence-electron chi connectivity index (χ3n) is 2.76. The Labute approximate surface area is 107 Å². The van der Waals surface area contributed by atoms with Crippen molar-refractivity contribution < 1.29 is 9.90 Å². The van der Waals surface area contributed by atoms with E-state index in [9.17, 15) is 9.90 Å². The van der Waals surface area contributed by atoms with Gasteiger partial charge in [0.05, 0.1) is 11.1 Å². The molecule has 0 spiro atoms. The van der Waals surface area contributed by atoms with E-state index in [0.29, 0.717) is 16.5 Å². The van der Waals surface area contributed by atoms with Crippen molar-refractivity contribution >= 4 is 28.2 Å². The summed E-state index contributed by atoms with van der Waals surface area (Å²) >= 11 is 1.61. The van der Waals surface area contributed by atoms with E-state index in [-0.39, 0.29) is 0 Å². The van der Waals surface area contributed by atoms with Crippen LogP contribution in [-0.2, 0) is 0 Å². The molecule has 0 saturated heterocycles. The van der Waals surface area contributed by atoms with Crippen LogP contribution < -0.4 is 0 Å². The Bertz CT molecular complexity index is 720. The fourth-order valence-electron chi connectivity index (χ4n) is 1.91. The number of aromatic carboxylic acids is 1. The van der Waals surface area contributed by atoms with Crippen molar-refractivity contribution in [1.82, 2.24) is 4.98 Å². The van der Waals surface area contributed by atoms with Gasteiger partial charge in [-0.1, -0.05) is 12.1 Å². The highest BCUT2D eigenvalue weighted by Gasteiger charge is 2.10. The molecule has 2 aromatic heterocycles. The van der Waals surface area contributed by atoms with Crippen LogP contribution in [0.25, 0.3) is 21.3 Å². The second-order valence-corrected chi connectivity index (χ2v) is 4.83. The highest BCUT2D eigenvalue weighted by atomic mass is 32.1. The molecule has 3 nitrogen and oxygen atoms in total. The van der Waals surface area contributed by atoms with Gasteiger partial charge in [-0.2, -0.15) is 0 Å². The monoisotopic (exact) mass is 255 g/mol. The van der Waals surface area contributed by atoms with Gasteiger partial charge in [0, 0.05) is 22.0 Å². The zero-order valence-corrected chi connectivity index (χ0v) is 10.1. The van der Waals surface area contributed by atoms with Gasteiger partial charge < -0.3 is 5.11 Å². The molecule has 0 atom stereocenters. The maximum atomic E-state index is 11.2. The molecule has 88 valence electrons. The number of pyridine rings is 1. The first-order valence-corrected chi connectivity index (χ1v) is 6.29. The van der Waals surface area contributed by atoms with E-state index in [1.54, 1.807) is 29.7 Å². The number of benzene rings is 1. The number of carbonyl (C=O) groups is 1. The molecule has 0 aliphatic carbocycles. The Kier molecular flexibility index (Phi) is 2.57. The van der Waals surface area contributed by atoms with Gasteiger partial charge in [0.2, 0.25) is 0 Å². The largest absolute Gasteiger partial charge is 0.478 e. The molecule has 0 amide bonds. The zero-order valence-electron chi connectivity index (χ0n) is 9.33. The third kappa shape index (κ3) is 1.76. The summed E-state index contributed by atoms with van der Waals surface area (Å²) in [5.41, 5.74) is 1.94. The van der Waals surface area contributed by atoms with E-state index in [0.717, 1.165) is 10.4 Å². The molecule has 0 aliphatic heterocycles. The van der Waals surface area contributed by atoms with E-state index in [2.05, 4.69) is 4.98 Å². The van der Waals surface area contributed by atoms with Crippen molar-refractivity contribution in [3.63, 3.8) is 0 Å². The van der Waals surface area contributed by atoms with E-state index in [4.69, 9.17) is 0 Å². The number of nitrogens with zero attached hydrogens (tertiary/aromatic N) is 1. The molecule has 3 aromatic rings. The number of carboxylic acid groups (broad SMARTS) is 1. The van der Waals surface area contributed by atoms with E-state index in [1.165, 1.54) is 0 Å². The number of hydrogen-bond acceptors (Lipinski definition) is 3. The number of fused-ring (bicyclic) bond motifs is 1. The van der Waals surface area contributed by atoms with Crippen LogP contribution in [-0.4, -0.2) is 16.1 Å². The first-order valence-electron chi connectivity index (χ1n) is 5.41. The molecule has 18 heavy (non-hydrogen) atoms. The van der Waals surface area contributed by atoms with Crippen molar-refractivity contribution in [2.75, 3.05) is 0 Å². The van der Waals surface area contributed by atoms with Crippen molar-refractivity contribution in [2.24, 2.45) is 0 Å². The first kappa shape index (κ1) is 10.9. The average Bonchev–Trinajstić information content (AvgIpc) is 2.91. The highest BCUT2D eigenvalue weighted by molar-refractivity contribution is 7.13. The molecule has 0 bridgehead atoms. The molecule has 1 aromatic carbocycles. The Morgan fingerprint density at radius 3 is 2.83 bits per heavy atom. The minimum atomic E-state index is -0.925.